The molecule has 2 aromatic heterocycles. The van der Waals surface area contributed by atoms with Crippen LogP contribution in [-0.2, 0) is 6.42 Å². The molecule has 0 aliphatic carbocycles. The predicted molar refractivity (Wildman–Crippen MR) is 58.6 cm³/mol. The van der Waals surface area contributed by atoms with Crippen LogP contribution in [0.2, 0.25) is 0 Å². The molecule has 0 amide bonds. The monoisotopic (exact) mass is 196 g/mol. The number of hydrogen-bond acceptors (Lipinski definition) is 2. The van der Waals surface area contributed by atoms with Crippen molar-refractivity contribution in [3.05, 3.63) is 21.4 Å². The third kappa shape index (κ3) is 1.10. The molecule has 0 saturated heterocycles. The lowest BCUT2D eigenvalue weighted by Gasteiger charge is -1.91. The summed E-state index contributed by atoms with van der Waals surface area (Å²) in [6, 6.07) is 2.30. The van der Waals surface area contributed by atoms with Crippen molar-refractivity contribution in [3.63, 3.8) is 0 Å². The van der Waals surface area contributed by atoms with E-state index < -0.39 is 0 Å². The predicted octanol–water partition coefficient (Wildman–Crippen LogP) is 4.14. The Bertz CT molecular complexity index is 407. The molecule has 0 atom stereocenters. The fourth-order valence-electron chi connectivity index (χ4n) is 1.57. The molecule has 0 aromatic carbocycles. The Morgan fingerprint density at radius 2 is 2.00 bits per heavy atom. The molecule has 12 heavy (non-hydrogen) atoms. The smallest absolute Gasteiger partial charge is 0.0488 e. The number of rotatable bonds is 1. The number of hydrogen-bond donors (Lipinski definition) is 0. The molecule has 0 bridgehead atoms. The normalized spacial score (nSPS) is 11.2. The van der Waals surface area contributed by atoms with E-state index in [0.717, 1.165) is 0 Å². The standard InChI is InChI=1S/C10H12S2/c1-4-8-7(3)12-9-5-6(2)11-10(8)9/h5H,4H2,1-3H3. The van der Waals surface area contributed by atoms with Crippen LogP contribution in [0.5, 0.6) is 0 Å². The molecule has 2 rings (SSSR count). The summed E-state index contributed by atoms with van der Waals surface area (Å²) in [6.07, 6.45) is 1.17. The van der Waals surface area contributed by atoms with Crippen LogP contribution in [0, 0.1) is 13.8 Å². The molecule has 0 N–H and O–H groups in total. The lowest BCUT2D eigenvalue weighted by Crippen LogP contribution is -1.75. The molecule has 0 fully saturated rings. The second-order valence-electron chi connectivity index (χ2n) is 3.04. The molecule has 0 spiro atoms. The highest BCUT2D eigenvalue weighted by Crippen LogP contribution is 2.36. The fourth-order valence-corrected chi connectivity index (χ4v) is 4.19. The first-order valence-electron chi connectivity index (χ1n) is 4.20. The van der Waals surface area contributed by atoms with Gasteiger partial charge in [-0.1, -0.05) is 6.92 Å². The van der Waals surface area contributed by atoms with E-state index in [9.17, 15) is 0 Å². The van der Waals surface area contributed by atoms with Gasteiger partial charge in [-0.05, 0) is 31.9 Å². The lowest BCUT2D eigenvalue weighted by molar-refractivity contribution is 1.15. The van der Waals surface area contributed by atoms with Gasteiger partial charge in [-0.3, -0.25) is 0 Å². The summed E-state index contributed by atoms with van der Waals surface area (Å²) in [7, 11) is 0. The second-order valence-corrected chi connectivity index (χ2v) is 5.55. The minimum Gasteiger partial charge on any atom is -0.139 e. The van der Waals surface area contributed by atoms with E-state index in [1.807, 2.05) is 22.7 Å². The van der Waals surface area contributed by atoms with Gasteiger partial charge in [0.25, 0.3) is 0 Å². The highest BCUT2D eigenvalue weighted by Gasteiger charge is 2.09. The minimum absolute atomic E-state index is 1.17. The van der Waals surface area contributed by atoms with Crippen LogP contribution in [0.3, 0.4) is 0 Å². The SMILES string of the molecule is CCc1c(C)sc2cc(C)sc12. The Kier molecular flexibility index (Phi) is 1.97. The van der Waals surface area contributed by atoms with Crippen LogP contribution in [-0.4, -0.2) is 0 Å². The van der Waals surface area contributed by atoms with E-state index in [-0.39, 0.29) is 0 Å². The summed E-state index contributed by atoms with van der Waals surface area (Å²) in [5, 5.41) is 0. The zero-order chi connectivity index (χ0) is 8.72. The van der Waals surface area contributed by atoms with Crippen LogP contribution in [0.4, 0.5) is 0 Å². The van der Waals surface area contributed by atoms with Gasteiger partial charge in [0, 0.05) is 19.2 Å². The van der Waals surface area contributed by atoms with Gasteiger partial charge in [0.2, 0.25) is 0 Å². The topological polar surface area (TPSA) is 0 Å². The van der Waals surface area contributed by atoms with Gasteiger partial charge in [0.1, 0.15) is 0 Å². The first kappa shape index (κ1) is 8.27. The van der Waals surface area contributed by atoms with Gasteiger partial charge < -0.3 is 0 Å². The number of fused-ring (bicyclic) bond motifs is 1. The minimum atomic E-state index is 1.17. The molecule has 64 valence electrons. The first-order chi connectivity index (χ1) is 5.72. The molecule has 2 aromatic rings. The summed E-state index contributed by atoms with van der Waals surface area (Å²) in [4.78, 5) is 2.93. The molecule has 0 nitrogen and oxygen atoms in total. The first-order valence-corrected chi connectivity index (χ1v) is 5.84. The number of aryl methyl sites for hydroxylation is 3. The van der Waals surface area contributed by atoms with Gasteiger partial charge in [0.15, 0.2) is 0 Å². The van der Waals surface area contributed by atoms with E-state index in [1.165, 1.54) is 25.6 Å². The Morgan fingerprint density at radius 3 is 2.67 bits per heavy atom. The van der Waals surface area contributed by atoms with Crippen molar-refractivity contribution < 1.29 is 0 Å². The molecule has 0 unspecified atom stereocenters. The van der Waals surface area contributed by atoms with Crippen molar-refractivity contribution >= 4 is 32.1 Å². The number of thiophene rings is 2. The third-order valence-corrected chi connectivity index (χ3v) is 4.47. The molecular weight excluding hydrogens is 184 g/mol. The van der Waals surface area contributed by atoms with E-state index in [2.05, 4.69) is 26.8 Å². The van der Waals surface area contributed by atoms with Gasteiger partial charge in [-0.15, -0.1) is 22.7 Å². The van der Waals surface area contributed by atoms with Crippen LogP contribution in [0.1, 0.15) is 22.2 Å². The average molecular weight is 196 g/mol. The molecule has 0 radical (unpaired) electrons. The van der Waals surface area contributed by atoms with E-state index in [1.54, 1.807) is 5.56 Å². The van der Waals surface area contributed by atoms with E-state index >= 15 is 0 Å². The fraction of sp³-hybridized carbons (Fsp3) is 0.400. The van der Waals surface area contributed by atoms with Gasteiger partial charge in [-0.25, -0.2) is 0 Å². The molecular formula is C10H12S2. The largest absolute Gasteiger partial charge is 0.139 e. The van der Waals surface area contributed by atoms with Crippen molar-refractivity contribution in [2.45, 2.75) is 27.2 Å². The Balaban J connectivity index is 2.78. The van der Waals surface area contributed by atoms with Crippen molar-refractivity contribution in [2.24, 2.45) is 0 Å². The van der Waals surface area contributed by atoms with Crippen molar-refractivity contribution in [1.82, 2.24) is 0 Å². The zero-order valence-electron chi connectivity index (χ0n) is 7.60. The van der Waals surface area contributed by atoms with Gasteiger partial charge in [-0.2, -0.15) is 0 Å². The van der Waals surface area contributed by atoms with E-state index in [4.69, 9.17) is 0 Å². The quantitative estimate of drug-likeness (QED) is 0.643. The zero-order valence-corrected chi connectivity index (χ0v) is 9.23. The lowest BCUT2D eigenvalue weighted by atomic mass is 10.2. The van der Waals surface area contributed by atoms with Gasteiger partial charge >= 0.3 is 0 Å². The molecule has 2 heterocycles. The maximum Gasteiger partial charge on any atom is 0.0488 e. The van der Waals surface area contributed by atoms with Crippen LogP contribution in [0.25, 0.3) is 9.40 Å². The summed E-state index contributed by atoms with van der Waals surface area (Å²) >= 11 is 3.87. The van der Waals surface area contributed by atoms with Crippen LogP contribution < -0.4 is 0 Å². The van der Waals surface area contributed by atoms with Crippen LogP contribution in [0.15, 0.2) is 6.07 Å². The third-order valence-electron chi connectivity index (χ3n) is 2.14. The second kappa shape index (κ2) is 2.86. The Morgan fingerprint density at radius 1 is 1.25 bits per heavy atom. The van der Waals surface area contributed by atoms with Crippen molar-refractivity contribution in [1.29, 1.82) is 0 Å². The maximum absolute atomic E-state index is 2.30. The van der Waals surface area contributed by atoms with Crippen molar-refractivity contribution in [2.75, 3.05) is 0 Å². The summed E-state index contributed by atoms with van der Waals surface area (Å²) in [5.41, 5.74) is 1.56. The van der Waals surface area contributed by atoms with Gasteiger partial charge in [0.05, 0.1) is 0 Å². The molecule has 0 saturated carbocycles. The molecule has 2 heteroatoms. The molecule has 0 aliphatic rings. The molecule has 0 aliphatic heterocycles. The Labute approximate surface area is 80.9 Å². The van der Waals surface area contributed by atoms with E-state index in [0.29, 0.717) is 0 Å². The summed E-state index contributed by atoms with van der Waals surface area (Å²) in [5.74, 6) is 0. The summed E-state index contributed by atoms with van der Waals surface area (Å²) in [6.45, 7) is 6.65. The Hall–Kier alpha value is -0.340. The maximum atomic E-state index is 2.30. The highest BCUT2D eigenvalue weighted by atomic mass is 32.1. The van der Waals surface area contributed by atoms with Crippen LogP contribution >= 0.6 is 22.7 Å². The average Bonchev–Trinajstić information content (AvgIpc) is 2.43. The highest BCUT2D eigenvalue weighted by molar-refractivity contribution is 7.28. The summed E-state index contributed by atoms with van der Waals surface area (Å²) < 4.78 is 3.00. The van der Waals surface area contributed by atoms with Crippen molar-refractivity contribution in [3.8, 4) is 0 Å².